The van der Waals surface area contributed by atoms with Crippen LogP contribution in [0, 0.1) is 0 Å². The Kier molecular flexibility index (Phi) is 8.53. The zero-order valence-corrected chi connectivity index (χ0v) is 34.7. The van der Waals surface area contributed by atoms with Crippen molar-refractivity contribution in [1.82, 2.24) is 0 Å². The minimum Gasteiger partial charge on any atom is -0.456 e. The summed E-state index contributed by atoms with van der Waals surface area (Å²) in [4.78, 5) is 0. The second-order valence-corrected chi connectivity index (χ2v) is 16.5. The second kappa shape index (κ2) is 14.1. The summed E-state index contributed by atoms with van der Waals surface area (Å²) in [5, 5.41) is 9.75. The molecule has 0 saturated carbocycles. The highest BCUT2D eigenvalue weighted by Crippen LogP contribution is 2.49. The summed E-state index contributed by atoms with van der Waals surface area (Å²) in [7, 11) is 11.5. The summed E-state index contributed by atoms with van der Waals surface area (Å²) >= 11 is 0. The van der Waals surface area contributed by atoms with Crippen molar-refractivity contribution in [3.63, 3.8) is 0 Å². The van der Waals surface area contributed by atoms with E-state index in [-0.39, 0.29) is 0 Å². The lowest BCUT2D eigenvalue weighted by molar-refractivity contribution is 0.669. The SMILES string of the molecule is Bc1c(B)c(B)c(-c2c3ccccc3c(-c3cc(-c4c(-c5cccc(-c6ccccc6)c5)ccc5oc6ccccc6c45)cc4ccccc34)c3ccccc23)c(B)c1B. The highest BCUT2D eigenvalue weighted by atomic mass is 16.3. The van der Waals surface area contributed by atoms with Crippen molar-refractivity contribution < 1.29 is 4.42 Å². The van der Waals surface area contributed by atoms with Gasteiger partial charge in [0.2, 0.25) is 0 Å². The molecule has 0 bridgehead atoms. The van der Waals surface area contributed by atoms with Gasteiger partial charge < -0.3 is 4.42 Å². The normalized spacial score (nSPS) is 11.7. The van der Waals surface area contributed by atoms with Gasteiger partial charge in [-0.15, -0.1) is 16.4 Å². The average Bonchev–Trinajstić information content (AvgIpc) is 3.68. The fourth-order valence-electron chi connectivity index (χ4n) is 10.1. The van der Waals surface area contributed by atoms with Crippen LogP contribution in [0.2, 0.25) is 0 Å². The third kappa shape index (κ3) is 5.55. The van der Waals surface area contributed by atoms with Gasteiger partial charge in [0.15, 0.2) is 0 Å². The van der Waals surface area contributed by atoms with E-state index in [2.05, 4.69) is 215 Å². The third-order valence-corrected chi connectivity index (χ3v) is 13.4. The van der Waals surface area contributed by atoms with E-state index in [1.807, 2.05) is 0 Å². The maximum atomic E-state index is 6.61. The molecule has 0 saturated heterocycles. The molecule has 0 N–H and O–H groups in total. The van der Waals surface area contributed by atoms with Crippen molar-refractivity contribution in [2.75, 3.05) is 0 Å². The molecule has 0 unspecified atom stereocenters. The molecule has 10 aromatic carbocycles. The van der Waals surface area contributed by atoms with Gasteiger partial charge in [0.1, 0.15) is 50.4 Å². The van der Waals surface area contributed by atoms with E-state index >= 15 is 0 Å². The Balaban J connectivity index is 1.26. The van der Waals surface area contributed by atoms with E-state index in [1.54, 1.807) is 0 Å². The van der Waals surface area contributed by atoms with Crippen LogP contribution in [0.4, 0.5) is 0 Å². The molecule has 0 aliphatic heterocycles. The van der Waals surface area contributed by atoms with Crippen molar-refractivity contribution in [3.8, 4) is 55.6 Å². The lowest BCUT2D eigenvalue weighted by atomic mass is 9.59. The van der Waals surface area contributed by atoms with Crippen LogP contribution in [-0.2, 0) is 0 Å². The number of rotatable bonds is 5. The van der Waals surface area contributed by atoms with Crippen LogP contribution >= 0.6 is 0 Å². The number of furan rings is 1. The molecule has 0 aliphatic rings. The van der Waals surface area contributed by atoms with Crippen molar-refractivity contribution in [2.24, 2.45) is 0 Å². The zero-order chi connectivity index (χ0) is 40.6. The maximum Gasteiger partial charge on any atom is 0.139 e. The van der Waals surface area contributed by atoms with Crippen LogP contribution in [0.25, 0.3) is 110 Å². The maximum absolute atomic E-state index is 6.61. The third-order valence-electron chi connectivity index (χ3n) is 13.4. The minimum absolute atomic E-state index is 0.888. The molecular weight excluding hydrogens is 719 g/mol. The molecule has 0 amide bonds. The van der Waals surface area contributed by atoms with Gasteiger partial charge in [0.25, 0.3) is 0 Å². The Labute approximate surface area is 355 Å². The van der Waals surface area contributed by atoms with E-state index in [9.17, 15) is 0 Å². The molecule has 60 heavy (non-hydrogen) atoms. The predicted molar refractivity (Wildman–Crippen MR) is 274 cm³/mol. The van der Waals surface area contributed by atoms with Gasteiger partial charge in [-0.1, -0.05) is 157 Å². The summed E-state index contributed by atoms with van der Waals surface area (Å²) in [6.07, 6.45) is 0. The highest BCUT2D eigenvalue weighted by molar-refractivity contribution is 6.69. The standard InChI is InChI=1S/C54H39B5O/c55-50-49(51(56)53(58)54(59)52(50)57)47-39-21-8-6-19-37(39)46(38-20-7-9-22-40(38)47)42-29-34(28-32-15-4-5-18-35(32)42)45-36(25-26-44-48(45)41-23-10-11-24-43(41)60-44)33-17-12-16-31(27-33)30-13-2-1-3-14-30/h1-29H,55-59H2. The average molecular weight is 758 g/mol. The molecule has 276 valence electrons. The van der Waals surface area contributed by atoms with Crippen LogP contribution in [0.5, 0.6) is 0 Å². The number of fused-ring (bicyclic) bond motifs is 6. The number of hydrogen-bond acceptors (Lipinski definition) is 1. The molecule has 0 fully saturated rings. The highest BCUT2D eigenvalue weighted by Gasteiger charge is 2.24. The summed E-state index contributed by atoms with van der Waals surface area (Å²) in [5.74, 6) is 0. The van der Waals surface area contributed by atoms with Gasteiger partial charge in [-0.2, -0.15) is 0 Å². The second-order valence-electron chi connectivity index (χ2n) is 16.5. The van der Waals surface area contributed by atoms with Gasteiger partial charge in [0.05, 0.1) is 0 Å². The first-order valence-electron chi connectivity index (χ1n) is 21.0. The molecule has 11 aromatic rings. The molecule has 1 aromatic heterocycles. The van der Waals surface area contributed by atoms with Crippen LogP contribution in [0.1, 0.15) is 0 Å². The zero-order valence-electron chi connectivity index (χ0n) is 34.7. The van der Waals surface area contributed by atoms with Gasteiger partial charge in [-0.25, -0.2) is 0 Å². The van der Waals surface area contributed by atoms with E-state index < -0.39 is 0 Å². The Hall–Kier alpha value is -6.90. The topological polar surface area (TPSA) is 13.1 Å². The summed E-state index contributed by atoms with van der Waals surface area (Å²) < 4.78 is 6.61. The molecular formula is C54H39B5O. The molecule has 1 nitrogen and oxygen atoms in total. The molecule has 6 heteroatoms. The molecule has 0 spiro atoms. The van der Waals surface area contributed by atoms with Crippen LogP contribution < -0.4 is 27.3 Å². The summed E-state index contributed by atoms with van der Waals surface area (Å²) in [5.41, 5.74) is 20.9. The number of para-hydroxylation sites is 1. The summed E-state index contributed by atoms with van der Waals surface area (Å²) in [6.45, 7) is 0. The van der Waals surface area contributed by atoms with Crippen LogP contribution in [-0.4, -0.2) is 39.2 Å². The first-order valence-corrected chi connectivity index (χ1v) is 21.0. The monoisotopic (exact) mass is 758 g/mol. The number of hydrogen-bond donors (Lipinski definition) is 0. The smallest absolute Gasteiger partial charge is 0.139 e. The van der Waals surface area contributed by atoms with Gasteiger partial charge >= 0.3 is 0 Å². The fourth-order valence-corrected chi connectivity index (χ4v) is 10.1. The molecule has 0 atom stereocenters. The Morgan fingerprint density at radius 1 is 0.283 bits per heavy atom. The minimum atomic E-state index is 0.888. The molecule has 0 aliphatic carbocycles. The first kappa shape index (κ1) is 36.2. The van der Waals surface area contributed by atoms with Crippen LogP contribution in [0.3, 0.4) is 0 Å². The lowest BCUT2D eigenvalue weighted by Crippen LogP contribution is -2.55. The molecule has 11 rings (SSSR count). The number of benzene rings is 10. The van der Waals surface area contributed by atoms with Gasteiger partial charge in [-0.3, -0.25) is 0 Å². The van der Waals surface area contributed by atoms with Crippen molar-refractivity contribution >= 4 is 121 Å². The van der Waals surface area contributed by atoms with Crippen LogP contribution in [0.15, 0.2) is 180 Å². The van der Waals surface area contributed by atoms with E-state index in [1.165, 1.54) is 110 Å². The molecule has 1 heterocycles. The Morgan fingerprint density at radius 2 is 0.817 bits per heavy atom. The van der Waals surface area contributed by atoms with Crippen molar-refractivity contribution in [3.05, 3.63) is 176 Å². The largest absolute Gasteiger partial charge is 0.456 e. The molecule has 0 radical (unpaired) electrons. The fraction of sp³-hybridized carbons (Fsp3) is 0. The Morgan fingerprint density at radius 3 is 1.50 bits per heavy atom. The lowest BCUT2D eigenvalue weighted by Gasteiger charge is -2.25. The van der Waals surface area contributed by atoms with Crippen molar-refractivity contribution in [1.29, 1.82) is 0 Å². The van der Waals surface area contributed by atoms with Gasteiger partial charge in [-0.05, 0) is 113 Å². The van der Waals surface area contributed by atoms with E-state index in [4.69, 9.17) is 4.42 Å². The Bertz CT molecular complexity index is 3460. The van der Waals surface area contributed by atoms with Gasteiger partial charge in [0, 0.05) is 16.3 Å². The first-order chi connectivity index (χ1) is 29.4. The quantitative estimate of drug-likeness (QED) is 0.141. The van der Waals surface area contributed by atoms with E-state index in [0.717, 1.165) is 27.5 Å². The summed E-state index contributed by atoms with van der Waals surface area (Å²) in [6, 6.07) is 64.5. The van der Waals surface area contributed by atoms with Crippen molar-refractivity contribution in [2.45, 2.75) is 0 Å². The predicted octanol–water partition coefficient (Wildman–Crippen LogP) is 6.67. The van der Waals surface area contributed by atoms with E-state index in [0.29, 0.717) is 0 Å².